The van der Waals surface area contributed by atoms with Crippen LogP contribution >= 0.6 is 0 Å². The van der Waals surface area contributed by atoms with E-state index in [0.29, 0.717) is 13.0 Å². The predicted molar refractivity (Wildman–Crippen MR) is 95.9 cm³/mol. The fraction of sp³-hybridized carbons (Fsp3) is 0.947. The first-order valence-corrected chi connectivity index (χ1v) is 9.99. The summed E-state index contributed by atoms with van der Waals surface area (Å²) in [7, 11) is 2.13. The Labute approximate surface area is 147 Å². The van der Waals surface area contributed by atoms with E-state index >= 15 is 0 Å². The molecule has 2 heterocycles. The number of hydrogen-bond donors (Lipinski definition) is 1. The van der Waals surface area contributed by atoms with Crippen molar-refractivity contribution in [3.05, 3.63) is 0 Å². The predicted octanol–water partition coefficient (Wildman–Crippen LogP) is 1.56. The molecule has 0 unspecified atom stereocenters. The van der Waals surface area contributed by atoms with Crippen molar-refractivity contribution in [1.82, 2.24) is 14.7 Å². The van der Waals surface area contributed by atoms with Gasteiger partial charge in [-0.15, -0.1) is 0 Å². The largest absolute Gasteiger partial charge is 0.379 e. The van der Waals surface area contributed by atoms with Crippen molar-refractivity contribution in [2.24, 2.45) is 5.92 Å². The number of rotatable bonds is 5. The molecule has 3 aliphatic rings. The number of piperidine rings is 1. The maximum Gasteiger partial charge on any atom is 0.255 e. The molecular formula is C19H35N3O2. The molecule has 138 valence electrons. The smallest absolute Gasteiger partial charge is 0.255 e. The number of likely N-dealkylation sites (N-methyl/N-ethyl adjacent to an activating group) is 1. The lowest BCUT2D eigenvalue weighted by Crippen LogP contribution is -2.60. The Hall–Kier alpha value is -0.650. The van der Waals surface area contributed by atoms with Crippen LogP contribution < -0.4 is 0 Å². The first-order chi connectivity index (χ1) is 11.6. The Morgan fingerprint density at radius 1 is 1.04 bits per heavy atom. The topological polar surface area (TPSA) is 47.0 Å². The third-order valence-corrected chi connectivity index (χ3v) is 6.32. The number of carbonyl (C=O) groups is 1. The lowest BCUT2D eigenvalue weighted by atomic mass is 9.86. The van der Waals surface area contributed by atoms with Crippen LogP contribution in [0, 0.1) is 5.92 Å². The van der Waals surface area contributed by atoms with Crippen LogP contribution in [0.4, 0.5) is 0 Å². The first-order valence-electron chi connectivity index (χ1n) is 9.99. The number of likely N-dealkylation sites (tertiary alicyclic amines) is 1. The van der Waals surface area contributed by atoms with Gasteiger partial charge in [-0.2, -0.15) is 0 Å². The van der Waals surface area contributed by atoms with Gasteiger partial charge in [-0.05, 0) is 32.2 Å². The number of aliphatic hydroxyl groups is 1. The van der Waals surface area contributed by atoms with E-state index in [2.05, 4.69) is 16.8 Å². The van der Waals surface area contributed by atoms with Gasteiger partial charge >= 0.3 is 0 Å². The zero-order chi connectivity index (χ0) is 17.0. The number of hydrogen-bond acceptors (Lipinski definition) is 4. The summed E-state index contributed by atoms with van der Waals surface area (Å²) in [5.74, 6) is 0.780. The maximum absolute atomic E-state index is 12.9. The summed E-state index contributed by atoms with van der Waals surface area (Å²) in [5, 5.41) is 11.0. The minimum absolute atomic E-state index is 0.0107. The van der Waals surface area contributed by atoms with Gasteiger partial charge in [0.1, 0.15) is 0 Å². The van der Waals surface area contributed by atoms with Crippen LogP contribution in [0.1, 0.15) is 51.4 Å². The van der Waals surface area contributed by atoms with Gasteiger partial charge in [0, 0.05) is 45.8 Å². The molecule has 3 rings (SSSR count). The number of carbonyl (C=O) groups excluding carboxylic acids is 1. The Morgan fingerprint density at radius 2 is 1.75 bits per heavy atom. The van der Waals surface area contributed by atoms with Gasteiger partial charge in [0.25, 0.3) is 5.91 Å². The maximum atomic E-state index is 12.9. The molecule has 0 radical (unpaired) electrons. The minimum Gasteiger partial charge on any atom is -0.379 e. The molecule has 0 bridgehead atoms. The summed E-state index contributed by atoms with van der Waals surface area (Å²) < 4.78 is 0. The molecule has 0 aromatic heterocycles. The minimum atomic E-state index is -1.15. The Kier molecular flexibility index (Phi) is 6.17. The average molecular weight is 338 g/mol. The summed E-state index contributed by atoms with van der Waals surface area (Å²) >= 11 is 0. The molecule has 5 heteroatoms. The lowest BCUT2D eigenvalue weighted by Gasteiger charge is -2.43. The van der Waals surface area contributed by atoms with Gasteiger partial charge in [-0.25, -0.2) is 0 Å². The molecule has 2 aliphatic heterocycles. The molecule has 1 aliphatic carbocycles. The second-order valence-corrected chi connectivity index (χ2v) is 8.30. The molecule has 5 nitrogen and oxygen atoms in total. The standard InChI is InChI=1S/C19H35N3O2/c1-20-12-14-21(15-13-20)16-19(24)9-5-10-22(18(19)23)11-8-17-6-3-2-4-7-17/h17,24H,2-16H2,1H3/t19-/m0/s1. The Morgan fingerprint density at radius 3 is 2.46 bits per heavy atom. The van der Waals surface area contributed by atoms with Crippen molar-refractivity contribution >= 4 is 5.91 Å². The summed E-state index contributed by atoms with van der Waals surface area (Å²) in [6.07, 6.45) is 9.41. The number of β-amino-alcohol motifs (C(OH)–C–C–N with tert-alkyl or cyclic N) is 1. The number of piperazine rings is 1. The van der Waals surface area contributed by atoms with Gasteiger partial charge in [0.05, 0.1) is 0 Å². The molecule has 0 aromatic rings. The van der Waals surface area contributed by atoms with Gasteiger partial charge in [-0.3, -0.25) is 9.69 Å². The third-order valence-electron chi connectivity index (χ3n) is 6.32. The van der Waals surface area contributed by atoms with Crippen LogP contribution in [-0.2, 0) is 4.79 Å². The van der Waals surface area contributed by atoms with Crippen LogP contribution in [0.25, 0.3) is 0 Å². The van der Waals surface area contributed by atoms with E-state index in [-0.39, 0.29) is 5.91 Å². The van der Waals surface area contributed by atoms with Crippen LogP contribution in [0.2, 0.25) is 0 Å². The van der Waals surface area contributed by atoms with Crippen molar-refractivity contribution < 1.29 is 9.90 Å². The molecule has 1 N–H and O–H groups in total. The summed E-state index contributed by atoms with van der Waals surface area (Å²) in [5.41, 5.74) is -1.15. The highest BCUT2D eigenvalue weighted by molar-refractivity contribution is 5.86. The van der Waals surface area contributed by atoms with E-state index in [1.54, 1.807) is 0 Å². The van der Waals surface area contributed by atoms with E-state index in [4.69, 9.17) is 0 Å². The van der Waals surface area contributed by atoms with E-state index in [1.165, 1.54) is 32.1 Å². The van der Waals surface area contributed by atoms with Crippen molar-refractivity contribution in [2.45, 2.75) is 57.0 Å². The fourth-order valence-electron chi connectivity index (χ4n) is 4.62. The summed E-state index contributed by atoms with van der Waals surface area (Å²) in [4.78, 5) is 19.4. The molecule has 2 saturated heterocycles. The van der Waals surface area contributed by atoms with Crippen molar-refractivity contribution in [3.8, 4) is 0 Å². The molecule has 1 atom stereocenters. The second kappa shape index (κ2) is 8.15. The van der Waals surface area contributed by atoms with Crippen molar-refractivity contribution in [3.63, 3.8) is 0 Å². The van der Waals surface area contributed by atoms with E-state index in [9.17, 15) is 9.90 Å². The average Bonchev–Trinajstić information content (AvgIpc) is 2.59. The number of nitrogens with zero attached hydrogens (tertiary/aromatic N) is 3. The zero-order valence-electron chi connectivity index (χ0n) is 15.4. The van der Waals surface area contributed by atoms with Crippen molar-refractivity contribution in [1.29, 1.82) is 0 Å². The van der Waals surface area contributed by atoms with Crippen LogP contribution in [0.15, 0.2) is 0 Å². The molecule has 1 amide bonds. The van der Waals surface area contributed by atoms with Gasteiger partial charge in [-0.1, -0.05) is 32.1 Å². The molecule has 24 heavy (non-hydrogen) atoms. The normalized spacial score (nSPS) is 31.6. The molecule has 0 spiro atoms. The Bertz CT molecular complexity index is 417. The van der Waals surface area contributed by atoms with E-state index in [0.717, 1.165) is 58.0 Å². The van der Waals surface area contributed by atoms with Gasteiger partial charge in [0.15, 0.2) is 5.60 Å². The van der Waals surface area contributed by atoms with Gasteiger partial charge in [0.2, 0.25) is 0 Å². The van der Waals surface area contributed by atoms with Crippen molar-refractivity contribution in [2.75, 3.05) is 52.9 Å². The van der Waals surface area contributed by atoms with Gasteiger partial charge < -0.3 is 14.9 Å². The summed E-state index contributed by atoms with van der Waals surface area (Å²) in [6, 6.07) is 0. The molecule has 0 aromatic carbocycles. The molecule has 3 fully saturated rings. The number of amides is 1. The quantitative estimate of drug-likeness (QED) is 0.827. The lowest BCUT2D eigenvalue weighted by molar-refractivity contribution is -0.160. The first kappa shape index (κ1) is 18.2. The highest BCUT2D eigenvalue weighted by atomic mass is 16.3. The second-order valence-electron chi connectivity index (χ2n) is 8.30. The summed E-state index contributed by atoms with van der Waals surface area (Å²) in [6.45, 7) is 6.14. The fourth-order valence-corrected chi connectivity index (χ4v) is 4.62. The van der Waals surface area contributed by atoms with Crippen LogP contribution in [-0.4, -0.2) is 84.2 Å². The Balaban J connectivity index is 1.51. The van der Waals surface area contributed by atoms with Crippen LogP contribution in [0.5, 0.6) is 0 Å². The highest BCUT2D eigenvalue weighted by Gasteiger charge is 2.43. The SMILES string of the molecule is CN1CCN(C[C@@]2(O)CCCN(CCC3CCCCC3)C2=O)CC1. The highest BCUT2D eigenvalue weighted by Crippen LogP contribution is 2.29. The monoisotopic (exact) mass is 337 g/mol. The van der Waals surface area contributed by atoms with E-state index < -0.39 is 5.60 Å². The van der Waals surface area contributed by atoms with Crippen LogP contribution in [0.3, 0.4) is 0 Å². The molecular weight excluding hydrogens is 302 g/mol. The third kappa shape index (κ3) is 4.50. The van der Waals surface area contributed by atoms with E-state index in [1.807, 2.05) is 4.90 Å². The molecule has 1 saturated carbocycles. The zero-order valence-corrected chi connectivity index (χ0v) is 15.4.